The number of alkyl halides is 3. The van der Waals surface area contributed by atoms with Crippen LogP contribution < -0.4 is 26.6 Å². The van der Waals surface area contributed by atoms with E-state index in [1.165, 1.54) is 12.1 Å². The van der Waals surface area contributed by atoms with Gasteiger partial charge >= 0.3 is 12.1 Å². The van der Waals surface area contributed by atoms with E-state index in [1.54, 1.807) is 66.7 Å². The van der Waals surface area contributed by atoms with Crippen molar-refractivity contribution in [3.63, 3.8) is 0 Å². The molecule has 5 amide bonds. The summed E-state index contributed by atoms with van der Waals surface area (Å²) in [6.45, 7) is 0. The third kappa shape index (κ3) is 12.7. The second-order valence-electron chi connectivity index (χ2n) is 13.5. The molecule has 0 spiro atoms. The Bertz CT molecular complexity index is 2080. The topological polar surface area (TPSA) is 183 Å². The number of carboxylic acid groups (broad SMARTS) is 1. The summed E-state index contributed by atoms with van der Waals surface area (Å²) in [5.74, 6) is -5.19. The van der Waals surface area contributed by atoms with E-state index in [-0.39, 0.29) is 44.1 Å². The van der Waals surface area contributed by atoms with Gasteiger partial charge in [-0.25, -0.2) is 4.79 Å². The van der Waals surface area contributed by atoms with E-state index in [0.29, 0.717) is 27.4 Å². The van der Waals surface area contributed by atoms with Gasteiger partial charge in [0.15, 0.2) is 0 Å². The number of anilines is 1. The Balaban J connectivity index is 1.53. The van der Waals surface area contributed by atoms with Gasteiger partial charge in [0.2, 0.25) is 29.5 Å². The minimum atomic E-state index is -4.64. The van der Waals surface area contributed by atoms with Gasteiger partial charge in [-0.1, -0.05) is 78.3 Å². The second-order valence-corrected chi connectivity index (χ2v) is 14.0. The Labute approximate surface area is 330 Å². The normalized spacial score (nSPS) is 20.2. The predicted molar refractivity (Wildman–Crippen MR) is 204 cm³/mol. The molecule has 16 heteroatoms. The monoisotopic (exact) mass is 805 g/mol. The first-order valence-electron chi connectivity index (χ1n) is 17.9. The molecule has 12 nitrogen and oxygen atoms in total. The average molecular weight is 806 g/mol. The molecule has 4 aromatic rings. The summed E-state index contributed by atoms with van der Waals surface area (Å²) in [6, 6.07) is 19.5. The molecule has 0 radical (unpaired) electrons. The Morgan fingerprint density at radius 3 is 1.74 bits per heavy atom. The van der Waals surface area contributed by atoms with E-state index < -0.39 is 71.4 Å². The summed E-state index contributed by atoms with van der Waals surface area (Å²) >= 11 is 6.18. The van der Waals surface area contributed by atoms with Crippen molar-refractivity contribution < 1.29 is 47.0 Å². The number of amides is 5. The van der Waals surface area contributed by atoms with Crippen molar-refractivity contribution in [1.82, 2.24) is 21.3 Å². The Hall–Kier alpha value is -6.22. The maximum Gasteiger partial charge on any atom is 0.416 e. The highest BCUT2D eigenvalue weighted by Crippen LogP contribution is 2.29. The van der Waals surface area contributed by atoms with Crippen LogP contribution in [0, 0.1) is 0 Å². The molecule has 298 valence electrons. The number of halogens is 4. The summed E-state index contributed by atoms with van der Waals surface area (Å²) in [5.41, 5.74) is 1.28. The van der Waals surface area contributed by atoms with Crippen molar-refractivity contribution in [3.8, 4) is 0 Å². The molecule has 0 saturated carbocycles. The summed E-state index contributed by atoms with van der Waals surface area (Å²) < 4.78 is 40.1. The number of hydrogen-bond acceptors (Lipinski definition) is 6. The molecule has 2 heterocycles. The smallest absolute Gasteiger partial charge is 0.416 e. The number of fused-ring (bicyclic) bond motifs is 18. The molecule has 57 heavy (non-hydrogen) atoms. The van der Waals surface area contributed by atoms with Crippen LogP contribution in [0.4, 0.5) is 18.9 Å². The van der Waals surface area contributed by atoms with E-state index in [4.69, 9.17) is 11.6 Å². The fraction of sp³-hybridized carbons (Fsp3) is 0.268. The van der Waals surface area contributed by atoms with Crippen molar-refractivity contribution in [1.29, 1.82) is 0 Å². The van der Waals surface area contributed by atoms with Crippen LogP contribution in [0.15, 0.2) is 103 Å². The van der Waals surface area contributed by atoms with Gasteiger partial charge in [0.1, 0.15) is 24.2 Å². The Kier molecular flexibility index (Phi) is 14.0. The van der Waals surface area contributed by atoms with Crippen molar-refractivity contribution >= 4 is 52.8 Å². The van der Waals surface area contributed by atoms with Gasteiger partial charge in [0, 0.05) is 49.2 Å². The van der Waals surface area contributed by atoms with Crippen molar-refractivity contribution in [2.24, 2.45) is 0 Å². The number of hydrogen-bond donors (Lipinski definition) is 6. The molecular formula is C41H39ClF3N5O7. The first-order chi connectivity index (χ1) is 27.1. The Morgan fingerprint density at radius 2 is 1.16 bits per heavy atom. The van der Waals surface area contributed by atoms with E-state index in [1.807, 2.05) is 0 Å². The van der Waals surface area contributed by atoms with Crippen LogP contribution >= 0.6 is 11.6 Å². The number of carbonyl (C=O) groups is 6. The quantitative estimate of drug-likeness (QED) is 0.150. The first kappa shape index (κ1) is 41.9. The SMILES string of the molecule is O=C1CCC(=O)NC(Cc2cccc(Cl)c2)C(=O)NC(Cc2ccc(C(F)(F)F)cc2)C(=O)NC(Cc2ccccc2)C(=O)NC(C(=O)O)Cc2ccc(cc2)N1. The largest absolute Gasteiger partial charge is 0.480 e. The van der Waals surface area contributed by atoms with Crippen molar-refractivity contribution in [3.05, 3.63) is 136 Å². The van der Waals surface area contributed by atoms with Gasteiger partial charge in [0.05, 0.1) is 5.56 Å². The number of aliphatic carboxylic acids is 1. The van der Waals surface area contributed by atoms with E-state index in [2.05, 4.69) is 26.6 Å². The lowest BCUT2D eigenvalue weighted by Gasteiger charge is -2.26. The zero-order chi connectivity index (χ0) is 41.1. The molecule has 6 rings (SSSR count). The highest BCUT2D eigenvalue weighted by Gasteiger charge is 2.33. The number of benzene rings is 4. The zero-order valence-electron chi connectivity index (χ0n) is 30.3. The highest BCUT2D eigenvalue weighted by atomic mass is 35.5. The maximum absolute atomic E-state index is 14.2. The van der Waals surface area contributed by atoms with Gasteiger partial charge in [-0.2, -0.15) is 13.2 Å². The number of carboxylic acids is 1. The molecule has 0 aliphatic carbocycles. The van der Waals surface area contributed by atoms with Gasteiger partial charge < -0.3 is 31.7 Å². The number of nitrogens with one attached hydrogen (secondary N) is 5. The third-order valence-electron chi connectivity index (χ3n) is 9.12. The lowest BCUT2D eigenvalue weighted by Crippen LogP contribution is -2.59. The molecule has 6 N–H and O–H groups in total. The van der Waals surface area contributed by atoms with Gasteiger partial charge in [-0.15, -0.1) is 0 Å². The minimum Gasteiger partial charge on any atom is -0.480 e. The standard InChI is InChI=1S/C41H39ClF3N5O7/c42-29-8-4-7-27(19-29)23-31-37(53)48-33(21-25-9-13-28(14-10-25)41(43,44)45)38(54)49-32(20-24-5-2-1-3-6-24)39(55)50-34(40(56)57)22-26-11-15-30(16-12-26)46-35(51)17-18-36(52)47-31/h1-16,19,31-34H,17-18,20-23H2,(H,46,51)(H,47,52)(H,48,53)(H,49,54)(H,50,55)(H,56,57). The predicted octanol–water partition coefficient (Wildman–Crippen LogP) is 4.39. The lowest BCUT2D eigenvalue weighted by atomic mass is 9.99. The van der Waals surface area contributed by atoms with Crippen LogP contribution in [-0.2, 0) is 60.6 Å². The van der Waals surface area contributed by atoms with E-state index in [9.17, 15) is 47.0 Å². The first-order valence-corrected chi connectivity index (χ1v) is 18.3. The molecule has 0 saturated heterocycles. The van der Waals surface area contributed by atoms with Gasteiger partial charge in [-0.05, 0) is 58.7 Å². The third-order valence-corrected chi connectivity index (χ3v) is 9.36. The van der Waals surface area contributed by atoms with E-state index in [0.717, 1.165) is 24.3 Å². The number of carbonyl (C=O) groups excluding carboxylic acids is 5. The Morgan fingerprint density at radius 1 is 0.632 bits per heavy atom. The number of rotatable bonds is 7. The summed E-state index contributed by atoms with van der Waals surface area (Å²) in [6.07, 6.45) is -5.96. The zero-order valence-corrected chi connectivity index (χ0v) is 31.0. The second kappa shape index (κ2) is 19.1. The highest BCUT2D eigenvalue weighted by molar-refractivity contribution is 6.30. The van der Waals surface area contributed by atoms with Gasteiger partial charge in [-0.3, -0.25) is 24.0 Å². The lowest BCUT2D eigenvalue weighted by molar-refractivity contribution is -0.142. The molecule has 0 aromatic heterocycles. The molecule has 4 unspecified atom stereocenters. The van der Waals surface area contributed by atoms with E-state index >= 15 is 0 Å². The van der Waals surface area contributed by atoms with Crippen LogP contribution in [0.3, 0.4) is 0 Å². The average Bonchev–Trinajstić information content (AvgIpc) is 3.16. The maximum atomic E-state index is 14.2. The minimum absolute atomic E-state index is 0.104. The fourth-order valence-electron chi connectivity index (χ4n) is 6.14. The summed E-state index contributed by atoms with van der Waals surface area (Å²) in [5, 5.41) is 23.4. The van der Waals surface area contributed by atoms with Crippen LogP contribution in [0.1, 0.15) is 40.7 Å². The van der Waals surface area contributed by atoms with Crippen molar-refractivity contribution in [2.45, 2.75) is 68.9 Å². The fourth-order valence-corrected chi connectivity index (χ4v) is 6.35. The van der Waals surface area contributed by atoms with Crippen LogP contribution in [0.5, 0.6) is 0 Å². The molecule has 2 aliphatic heterocycles. The molecule has 0 fully saturated rings. The molecule has 4 atom stereocenters. The molecule has 2 bridgehead atoms. The molecule has 2 aliphatic rings. The summed E-state index contributed by atoms with van der Waals surface area (Å²) in [7, 11) is 0. The van der Waals surface area contributed by atoms with Crippen molar-refractivity contribution in [2.75, 3.05) is 5.32 Å². The molecular weight excluding hydrogens is 767 g/mol. The molecule has 4 aromatic carbocycles. The summed E-state index contributed by atoms with van der Waals surface area (Å²) in [4.78, 5) is 80.5. The van der Waals surface area contributed by atoms with Gasteiger partial charge in [0.25, 0.3) is 0 Å². The van der Waals surface area contributed by atoms with Crippen LogP contribution in [-0.4, -0.2) is 64.8 Å². The van der Waals surface area contributed by atoms with Crippen LogP contribution in [0.25, 0.3) is 0 Å². The van der Waals surface area contributed by atoms with Crippen LogP contribution in [0.2, 0.25) is 5.02 Å².